The van der Waals surface area contributed by atoms with Crippen molar-refractivity contribution in [3.05, 3.63) is 34.9 Å². The number of benzene rings is 1. The second kappa shape index (κ2) is 7.99. The number of piperazine rings is 1. The van der Waals surface area contributed by atoms with Crippen LogP contribution in [0.4, 0.5) is 0 Å². The zero-order valence-electron chi connectivity index (χ0n) is 12.6. The largest absolute Gasteiger partial charge is 0.314 e. The summed E-state index contributed by atoms with van der Waals surface area (Å²) in [5.74, 6) is 0. The Bertz CT molecular complexity index is 400. The topological polar surface area (TPSA) is 18.5 Å². The smallest absolute Gasteiger partial charge is 0.0476 e. The van der Waals surface area contributed by atoms with Crippen LogP contribution >= 0.6 is 11.6 Å². The van der Waals surface area contributed by atoms with Crippen molar-refractivity contribution in [3.8, 4) is 0 Å². The van der Waals surface area contributed by atoms with Crippen molar-refractivity contribution >= 4 is 11.6 Å². The van der Waals surface area contributed by atoms with Crippen LogP contribution in [0, 0.1) is 0 Å². The molecule has 0 saturated carbocycles. The van der Waals surface area contributed by atoms with E-state index in [1.165, 1.54) is 5.56 Å². The van der Waals surface area contributed by atoms with Gasteiger partial charge in [0.2, 0.25) is 0 Å². The molecule has 1 atom stereocenters. The third kappa shape index (κ3) is 4.19. The second-order valence-electron chi connectivity index (χ2n) is 5.34. The quantitative estimate of drug-likeness (QED) is 0.870. The Kier molecular flexibility index (Phi) is 6.30. The molecule has 3 nitrogen and oxygen atoms in total. The van der Waals surface area contributed by atoms with Gasteiger partial charge in [0, 0.05) is 43.8 Å². The molecule has 1 heterocycles. The van der Waals surface area contributed by atoms with E-state index in [1.54, 1.807) is 0 Å². The first-order chi connectivity index (χ1) is 9.74. The number of rotatable bonds is 6. The molecule has 1 aromatic rings. The lowest BCUT2D eigenvalue weighted by Crippen LogP contribution is -2.48. The van der Waals surface area contributed by atoms with Gasteiger partial charge in [-0.1, -0.05) is 37.6 Å². The van der Waals surface area contributed by atoms with Gasteiger partial charge in [0.05, 0.1) is 0 Å². The third-order valence-electron chi connectivity index (χ3n) is 4.15. The fraction of sp³-hybridized carbons (Fsp3) is 0.625. The van der Waals surface area contributed by atoms with Gasteiger partial charge in [0.25, 0.3) is 0 Å². The van der Waals surface area contributed by atoms with Gasteiger partial charge >= 0.3 is 0 Å². The zero-order valence-corrected chi connectivity index (χ0v) is 13.4. The average molecular weight is 296 g/mol. The van der Waals surface area contributed by atoms with E-state index >= 15 is 0 Å². The minimum Gasteiger partial charge on any atom is -0.314 e. The average Bonchev–Trinajstić information content (AvgIpc) is 2.49. The molecular formula is C16H26ClN3. The normalized spacial score (nSPS) is 18.4. The second-order valence-corrected chi connectivity index (χ2v) is 5.78. The molecule has 1 aliphatic heterocycles. The Morgan fingerprint density at radius 2 is 1.95 bits per heavy atom. The fourth-order valence-corrected chi connectivity index (χ4v) is 3.06. The molecule has 1 N–H and O–H groups in total. The molecule has 20 heavy (non-hydrogen) atoms. The summed E-state index contributed by atoms with van der Waals surface area (Å²) in [6, 6.07) is 8.79. The summed E-state index contributed by atoms with van der Waals surface area (Å²) in [5, 5.41) is 4.27. The zero-order chi connectivity index (χ0) is 14.4. The predicted octanol–water partition coefficient (Wildman–Crippen LogP) is 2.63. The molecule has 0 spiro atoms. The maximum absolute atomic E-state index is 6.19. The molecule has 0 aliphatic carbocycles. The van der Waals surface area contributed by atoms with Gasteiger partial charge < -0.3 is 10.2 Å². The van der Waals surface area contributed by atoms with Gasteiger partial charge in [-0.15, -0.1) is 0 Å². The lowest BCUT2D eigenvalue weighted by atomic mass is 10.0. The molecule has 1 aliphatic rings. The lowest BCUT2D eigenvalue weighted by molar-refractivity contribution is 0.129. The van der Waals surface area contributed by atoms with Crippen molar-refractivity contribution in [1.82, 2.24) is 15.1 Å². The molecular weight excluding hydrogens is 270 g/mol. The first-order valence-corrected chi connectivity index (χ1v) is 8.05. The third-order valence-corrected chi connectivity index (χ3v) is 4.39. The summed E-state index contributed by atoms with van der Waals surface area (Å²) in [4.78, 5) is 5.08. The summed E-state index contributed by atoms with van der Waals surface area (Å²) < 4.78 is 0. The van der Waals surface area contributed by atoms with E-state index in [0.717, 1.165) is 50.8 Å². The van der Waals surface area contributed by atoms with E-state index in [9.17, 15) is 0 Å². The Labute approximate surface area is 127 Å². The molecule has 0 radical (unpaired) electrons. The molecule has 112 valence electrons. The first-order valence-electron chi connectivity index (χ1n) is 7.67. The summed E-state index contributed by atoms with van der Waals surface area (Å²) in [5.41, 5.74) is 1.34. The highest BCUT2D eigenvalue weighted by Gasteiger charge is 2.23. The van der Waals surface area contributed by atoms with Crippen molar-refractivity contribution < 1.29 is 0 Å². The fourth-order valence-electron chi connectivity index (χ4n) is 2.87. The first kappa shape index (κ1) is 15.8. The van der Waals surface area contributed by atoms with Crippen LogP contribution in [0.5, 0.6) is 0 Å². The summed E-state index contributed by atoms with van der Waals surface area (Å²) in [7, 11) is 0. The highest BCUT2D eigenvalue weighted by Crippen LogP contribution is 2.25. The summed E-state index contributed by atoms with van der Waals surface area (Å²) in [6.07, 6.45) is 0. The van der Waals surface area contributed by atoms with Gasteiger partial charge in [-0.25, -0.2) is 0 Å². The van der Waals surface area contributed by atoms with Crippen molar-refractivity contribution in [1.29, 1.82) is 0 Å². The lowest BCUT2D eigenvalue weighted by Gasteiger charge is -2.37. The highest BCUT2D eigenvalue weighted by molar-refractivity contribution is 6.30. The van der Waals surface area contributed by atoms with E-state index in [2.05, 4.69) is 47.2 Å². The summed E-state index contributed by atoms with van der Waals surface area (Å²) >= 11 is 6.19. The van der Waals surface area contributed by atoms with Gasteiger partial charge in [0.1, 0.15) is 0 Å². The maximum atomic E-state index is 6.19. The van der Waals surface area contributed by atoms with E-state index in [-0.39, 0.29) is 0 Å². The molecule has 1 aromatic carbocycles. The van der Waals surface area contributed by atoms with Crippen LogP contribution < -0.4 is 5.32 Å². The molecule has 1 saturated heterocycles. The predicted molar refractivity (Wildman–Crippen MR) is 86.4 cm³/mol. The Morgan fingerprint density at radius 3 is 2.55 bits per heavy atom. The van der Waals surface area contributed by atoms with E-state index in [0.29, 0.717) is 6.04 Å². The number of halogens is 1. The van der Waals surface area contributed by atoms with Gasteiger partial charge in [-0.3, -0.25) is 4.90 Å². The van der Waals surface area contributed by atoms with Crippen molar-refractivity contribution in [2.24, 2.45) is 0 Å². The van der Waals surface area contributed by atoms with Gasteiger partial charge in [-0.05, 0) is 30.8 Å². The van der Waals surface area contributed by atoms with E-state index in [1.807, 2.05) is 6.07 Å². The Hall–Kier alpha value is -0.610. The molecule has 0 amide bonds. The standard InChI is InChI=1S/C16H26ClN3/c1-3-19(4-2)13-16(20-10-8-18-9-11-20)14-6-5-7-15(17)12-14/h5-7,12,16,18H,3-4,8-11,13H2,1-2H3. The van der Waals surface area contributed by atoms with Crippen LogP contribution in [0.2, 0.25) is 5.02 Å². The SMILES string of the molecule is CCN(CC)CC(c1cccc(Cl)c1)N1CCNCC1. The van der Waals surface area contributed by atoms with Crippen LogP contribution in [-0.4, -0.2) is 55.6 Å². The minimum absolute atomic E-state index is 0.440. The minimum atomic E-state index is 0.440. The van der Waals surface area contributed by atoms with Crippen LogP contribution in [0.25, 0.3) is 0 Å². The highest BCUT2D eigenvalue weighted by atomic mass is 35.5. The number of nitrogens with zero attached hydrogens (tertiary/aromatic N) is 2. The monoisotopic (exact) mass is 295 g/mol. The van der Waals surface area contributed by atoms with Crippen LogP contribution in [-0.2, 0) is 0 Å². The van der Waals surface area contributed by atoms with Crippen molar-refractivity contribution in [2.75, 3.05) is 45.8 Å². The van der Waals surface area contributed by atoms with E-state index in [4.69, 9.17) is 11.6 Å². The summed E-state index contributed by atoms with van der Waals surface area (Å²) in [6.45, 7) is 12.1. The maximum Gasteiger partial charge on any atom is 0.0476 e. The molecule has 0 aromatic heterocycles. The van der Waals surface area contributed by atoms with Crippen LogP contribution in [0.1, 0.15) is 25.5 Å². The van der Waals surface area contributed by atoms with Crippen LogP contribution in [0.15, 0.2) is 24.3 Å². The Balaban J connectivity index is 2.18. The number of likely N-dealkylation sites (N-methyl/N-ethyl adjacent to an activating group) is 1. The number of nitrogens with one attached hydrogen (secondary N) is 1. The molecule has 2 rings (SSSR count). The molecule has 4 heteroatoms. The van der Waals surface area contributed by atoms with E-state index < -0.39 is 0 Å². The van der Waals surface area contributed by atoms with Gasteiger partial charge in [0.15, 0.2) is 0 Å². The molecule has 1 unspecified atom stereocenters. The Morgan fingerprint density at radius 1 is 1.25 bits per heavy atom. The molecule has 0 bridgehead atoms. The van der Waals surface area contributed by atoms with Crippen LogP contribution in [0.3, 0.4) is 0 Å². The number of hydrogen-bond acceptors (Lipinski definition) is 3. The molecule has 1 fully saturated rings. The van der Waals surface area contributed by atoms with Gasteiger partial charge in [-0.2, -0.15) is 0 Å². The van der Waals surface area contributed by atoms with Crippen molar-refractivity contribution in [3.63, 3.8) is 0 Å². The number of hydrogen-bond donors (Lipinski definition) is 1. The van der Waals surface area contributed by atoms with Crippen molar-refractivity contribution in [2.45, 2.75) is 19.9 Å².